The van der Waals surface area contributed by atoms with E-state index in [0.717, 1.165) is 39.5 Å². The Bertz CT molecular complexity index is 1080. The van der Waals surface area contributed by atoms with Gasteiger partial charge in [0.1, 0.15) is 12.4 Å². The quantitative estimate of drug-likeness (QED) is 0.543. The standard InChI is InChI=1S/C22H19N3O3S2/c1-25(21-23-18(14-29-21)16-5-3-2-4-6-16)11-12-28-17-9-7-15(8-10-17)13-19-20(26)24-22(27)30-19/h2-10,13-14H,11-12H2,1H3,(H,24,26,27). The third-order valence-corrected chi connectivity index (χ3v) is 6.17. The normalized spacial score (nSPS) is 14.8. The summed E-state index contributed by atoms with van der Waals surface area (Å²) >= 11 is 2.52. The molecular formula is C22H19N3O3S2. The average molecular weight is 438 g/mol. The number of aromatic nitrogens is 1. The van der Waals surface area contributed by atoms with Gasteiger partial charge in [0.2, 0.25) is 0 Å². The lowest BCUT2D eigenvalue weighted by Gasteiger charge is -2.16. The minimum Gasteiger partial charge on any atom is -0.492 e. The van der Waals surface area contributed by atoms with Crippen molar-refractivity contribution < 1.29 is 14.3 Å². The first-order valence-corrected chi connectivity index (χ1v) is 11.0. The third-order valence-electron chi connectivity index (χ3n) is 4.40. The summed E-state index contributed by atoms with van der Waals surface area (Å²) in [6.45, 7) is 1.22. The van der Waals surface area contributed by atoms with Gasteiger partial charge in [-0.1, -0.05) is 42.5 Å². The molecular weight excluding hydrogens is 418 g/mol. The highest BCUT2D eigenvalue weighted by molar-refractivity contribution is 8.18. The minimum atomic E-state index is -0.356. The molecule has 8 heteroatoms. The fourth-order valence-electron chi connectivity index (χ4n) is 2.81. The van der Waals surface area contributed by atoms with Gasteiger partial charge in [0.25, 0.3) is 11.1 Å². The Hall–Kier alpha value is -3.10. The van der Waals surface area contributed by atoms with E-state index in [1.165, 1.54) is 0 Å². The Morgan fingerprint density at radius 3 is 2.57 bits per heavy atom. The first kappa shape index (κ1) is 20.2. The molecule has 0 atom stereocenters. The number of amides is 2. The van der Waals surface area contributed by atoms with Crippen molar-refractivity contribution in [1.29, 1.82) is 0 Å². The molecule has 0 bridgehead atoms. The summed E-state index contributed by atoms with van der Waals surface area (Å²) in [7, 11) is 2.00. The molecule has 30 heavy (non-hydrogen) atoms. The Morgan fingerprint density at radius 2 is 1.87 bits per heavy atom. The lowest BCUT2D eigenvalue weighted by Crippen LogP contribution is -2.23. The van der Waals surface area contributed by atoms with Gasteiger partial charge in [-0.2, -0.15) is 0 Å². The number of hydrogen-bond acceptors (Lipinski definition) is 7. The molecule has 0 unspecified atom stereocenters. The molecule has 4 rings (SSSR count). The Balaban J connectivity index is 1.29. The van der Waals surface area contributed by atoms with Crippen molar-refractivity contribution in [1.82, 2.24) is 10.3 Å². The topological polar surface area (TPSA) is 71.5 Å². The van der Waals surface area contributed by atoms with E-state index in [4.69, 9.17) is 9.72 Å². The van der Waals surface area contributed by atoms with E-state index in [1.807, 2.05) is 49.5 Å². The average Bonchev–Trinajstić information content (AvgIpc) is 3.37. The van der Waals surface area contributed by atoms with E-state index in [9.17, 15) is 9.59 Å². The lowest BCUT2D eigenvalue weighted by molar-refractivity contribution is -0.115. The van der Waals surface area contributed by atoms with Crippen molar-refractivity contribution in [3.63, 3.8) is 0 Å². The van der Waals surface area contributed by atoms with Crippen LogP contribution in [0.15, 0.2) is 64.9 Å². The van der Waals surface area contributed by atoms with Crippen molar-refractivity contribution in [3.05, 3.63) is 70.4 Å². The number of hydrogen-bond donors (Lipinski definition) is 1. The van der Waals surface area contributed by atoms with Crippen LogP contribution in [0.25, 0.3) is 17.3 Å². The third kappa shape index (κ3) is 4.90. The minimum absolute atomic E-state index is 0.341. The van der Waals surface area contributed by atoms with Gasteiger partial charge >= 0.3 is 0 Å². The highest BCUT2D eigenvalue weighted by atomic mass is 32.2. The van der Waals surface area contributed by atoms with Crippen LogP contribution in [0.5, 0.6) is 5.75 Å². The van der Waals surface area contributed by atoms with Crippen molar-refractivity contribution in [3.8, 4) is 17.0 Å². The summed E-state index contributed by atoms with van der Waals surface area (Å²) in [4.78, 5) is 30.0. The van der Waals surface area contributed by atoms with E-state index in [2.05, 4.69) is 27.7 Å². The van der Waals surface area contributed by atoms with Gasteiger partial charge in [0.05, 0.1) is 17.1 Å². The molecule has 1 fully saturated rings. The zero-order valence-electron chi connectivity index (χ0n) is 16.2. The number of rotatable bonds is 7. The second-order valence-electron chi connectivity index (χ2n) is 6.57. The number of imide groups is 1. The maximum atomic E-state index is 11.6. The number of benzene rings is 2. The van der Waals surface area contributed by atoms with Crippen LogP contribution >= 0.6 is 23.1 Å². The van der Waals surface area contributed by atoms with Crippen LogP contribution in [0.2, 0.25) is 0 Å². The number of likely N-dealkylation sites (N-methyl/N-ethyl adjacent to an activating group) is 1. The molecule has 1 aliphatic rings. The lowest BCUT2D eigenvalue weighted by atomic mass is 10.2. The van der Waals surface area contributed by atoms with Crippen molar-refractivity contribution >= 4 is 45.5 Å². The monoisotopic (exact) mass is 437 g/mol. The van der Waals surface area contributed by atoms with Crippen molar-refractivity contribution in [2.45, 2.75) is 0 Å². The molecule has 0 spiro atoms. The molecule has 0 saturated carbocycles. The molecule has 0 aliphatic carbocycles. The van der Waals surface area contributed by atoms with Crippen molar-refractivity contribution in [2.24, 2.45) is 0 Å². The van der Waals surface area contributed by atoms with Gasteiger partial charge in [-0.05, 0) is 35.5 Å². The summed E-state index contributed by atoms with van der Waals surface area (Å²) in [5.41, 5.74) is 2.92. The van der Waals surface area contributed by atoms with E-state index in [1.54, 1.807) is 17.4 Å². The number of ether oxygens (including phenoxy) is 1. The van der Waals surface area contributed by atoms with Gasteiger partial charge < -0.3 is 9.64 Å². The first-order valence-electron chi connectivity index (χ1n) is 9.28. The van der Waals surface area contributed by atoms with Crippen LogP contribution in [0.1, 0.15) is 5.56 Å². The Kier molecular flexibility index (Phi) is 6.15. The van der Waals surface area contributed by atoms with Gasteiger partial charge in [-0.15, -0.1) is 11.3 Å². The zero-order valence-corrected chi connectivity index (χ0v) is 17.8. The number of carbonyl (C=O) groups excluding carboxylic acids is 2. The van der Waals surface area contributed by atoms with Crippen LogP contribution in [-0.2, 0) is 4.79 Å². The van der Waals surface area contributed by atoms with Crippen LogP contribution in [-0.4, -0.2) is 36.3 Å². The van der Waals surface area contributed by atoms with Gasteiger partial charge in [-0.25, -0.2) is 4.98 Å². The maximum Gasteiger partial charge on any atom is 0.290 e. The summed E-state index contributed by atoms with van der Waals surface area (Å²) in [5.74, 6) is 0.389. The number of thiazole rings is 1. The molecule has 6 nitrogen and oxygen atoms in total. The SMILES string of the molecule is CN(CCOc1ccc(C=C2SC(=O)NC2=O)cc1)c1nc(-c2ccccc2)cs1. The predicted molar refractivity (Wildman–Crippen MR) is 122 cm³/mol. The van der Waals surface area contributed by atoms with Crippen LogP contribution in [0, 0.1) is 0 Å². The van der Waals surface area contributed by atoms with Gasteiger partial charge in [0, 0.05) is 18.0 Å². The van der Waals surface area contributed by atoms with Crippen LogP contribution < -0.4 is 15.0 Å². The number of nitrogens with one attached hydrogen (secondary N) is 1. The highest BCUT2D eigenvalue weighted by Crippen LogP contribution is 2.27. The van der Waals surface area contributed by atoms with Crippen LogP contribution in [0.3, 0.4) is 0 Å². The molecule has 2 heterocycles. The number of thioether (sulfide) groups is 1. The molecule has 1 saturated heterocycles. The molecule has 3 aromatic rings. The predicted octanol–water partition coefficient (Wildman–Crippen LogP) is 4.65. The Labute approximate surface area is 182 Å². The summed E-state index contributed by atoms with van der Waals surface area (Å²) in [6.07, 6.45) is 1.69. The highest BCUT2D eigenvalue weighted by Gasteiger charge is 2.24. The summed E-state index contributed by atoms with van der Waals surface area (Å²) in [5, 5.41) is 4.91. The van der Waals surface area contributed by atoms with Crippen LogP contribution in [0.4, 0.5) is 9.93 Å². The van der Waals surface area contributed by atoms with Gasteiger partial charge in [0.15, 0.2) is 5.13 Å². The first-order chi connectivity index (χ1) is 14.6. The fourth-order valence-corrected chi connectivity index (χ4v) is 4.32. The summed E-state index contributed by atoms with van der Waals surface area (Å²) < 4.78 is 5.83. The largest absolute Gasteiger partial charge is 0.492 e. The molecule has 2 aromatic carbocycles. The van der Waals surface area contributed by atoms with E-state index >= 15 is 0 Å². The molecule has 0 radical (unpaired) electrons. The van der Waals surface area contributed by atoms with E-state index < -0.39 is 0 Å². The van der Waals surface area contributed by atoms with Gasteiger partial charge in [-0.3, -0.25) is 14.9 Å². The molecule has 1 aliphatic heterocycles. The number of anilines is 1. The number of nitrogens with zero attached hydrogens (tertiary/aromatic N) is 2. The second kappa shape index (κ2) is 9.15. The molecule has 1 aromatic heterocycles. The molecule has 1 N–H and O–H groups in total. The second-order valence-corrected chi connectivity index (χ2v) is 8.42. The smallest absolute Gasteiger partial charge is 0.290 e. The maximum absolute atomic E-state index is 11.6. The van der Waals surface area contributed by atoms with E-state index in [0.29, 0.717) is 18.1 Å². The Morgan fingerprint density at radius 1 is 1.10 bits per heavy atom. The molecule has 152 valence electrons. The summed E-state index contributed by atoms with van der Waals surface area (Å²) in [6, 6.07) is 17.5. The fraction of sp³-hybridized carbons (Fsp3) is 0.136. The van der Waals surface area contributed by atoms with E-state index in [-0.39, 0.29) is 11.1 Å². The number of carbonyl (C=O) groups is 2. The molecule has 2 amide bonds. The zero-order chi connectivity index (χ0) is 20.9. The van der Waals surface area contributed by atoms with Crippen molar-refractivity contribution in [2.75, 3.05) is 25.1 Å².